The molecular weight excluding hydrogens is 384 g/mol. The normalized spacial score (nSPS) is 10.5. The molecule has 0 bridgehead atoms. The lowest BCUT2D eigenvalue weighted by molar-refractivity contribution is -0.384. The van der Waals surface area contributed by atoms with E-state index in [9.17, 15) is 10.1 Å². The number of aliphatic imine (C=N–C) groups is 1. The monoisotopic (exact) mass is 402 g/mol. The highest BCUT2D eigenvalue weighted by atomic mass is 35.5. The summed E-state index contributed by atoms with van der Waals surface area (Å²) >= 11 is 5.90. The molecule has 2 aromatic carbocycles. The maximum Gasteiger partial charge on any atom is 0.288 e. The van der Waals surface area contributed by atoms with Gasteiger partial charge in [-0.25, -0.2) is 4.99 Å². The van der Waals surface area contributed by atoms with Crippen molar-refractivity contribution in [3.63, 3.8) is 0 Å². The first-order chi connectivity index (χ1) is 13.5. The van der Waals surface area contributed by atoms with Crippen molar-refractivity contribution >= 4 is 29.2 Å². The third kappa shape index (κ3) is 5.38. The third-order valence-electron chi connectivity index (χ3n) is 3.70. The number of terminal acetylenes is 1. The molecule has 7 nitrogen and oxygen atoms in total. The molecule has 0 radical (unpaired) electrons. The summed E-state index contributed by atoms with van der Waals surface area (Å²) in [6.07, 6.45) is 7.12. The van der Waals surface area contributed by atoms with E-state index in [0.29, 0.717) is 42.6 Å². The molecule has 2 aromatic rings. The number of nitrogens with zero attached hydrogens (tertiary/aromatic N) is 2. The minimum Gasteiger partial charge on any atom is -0.493 e. The van der Waals surface area contributed by atoms with Gasteiger partial charge in [0.15, 0.2) is 11.5 Å². The van der Waals surface area contributed by atoms with Gasteiger partial charge in [0, 0.05) is 24.6 Å². The number of nitro benzene ring substituents is 1. The van der Waals surface area contributed by atoms with Crippen LogP contribution in [0.3, 0.4) is 0 Å². The molecule has 0 aliphatic heterocycles. The number of methoxy groups -OCH3 is 1. The number of benzene rings is 2. The summed E-state index contributed by atoms with van der Waals surface area (Å²) in [4.78, 5) is 14.5. The van der Waals surface area contributed by atoms with Gasteiger partial charge in [0.1, 0.15) is 10.8 Å². The van der Waals surface area contributed by atoms with Crippen LogP contribution < -0.4 is 14.2 Å². The zero-order chi connectivity index (χ0) is 20.5. The largest absolute Gasteiger partial charge is 0.493 e. The molecule has 0 aromatic heterocycles. The number of halogens is 1. The molecule has 0 aliphatic carbocycles. The van der Waals surface area contributed by atoms with Crippen molar-refractivity contribution in [2.24, 2.45) is 4.99 Å². The lowest BCUT2D eigenvalue weighted by atomic mass is 10.1. The second-order valence-electron chi connectivity index (χ2n) is 5.46. The Labute approximate surface area is 168 Å². The Kier molecular flexibility index (Phi) is 7.66. The molecule has 2 rings (SSSR count). The Morgan fingerprint density at radius 1 is 1.29 bits per heavy atom. The van der Waals surface area contributed by atoms with Crippen LogP contribution in [0, 0.1) is 22.5 Å². The van der Waals surface area contributed by atoms with Gasteiger partial charge in [-0.1, -0.05) is 17.5 Å². The molecule has 0 atom stereocenters. The second-order valence-corrected chi connectivity index (χ2v) is 5.87. The number of hydrogen-bond donors (Lipinski definition) is 0. The van der Waals surface area contributed by atoms with Gasteiger partial charge in [0.2, 0.25) is 0 Å². The highest BCUT2D eigenvalue weighted by molar-refractivity contribution is 6.32. The van der Waals surface area contributed by atoms with Crippen molar-refractivity contribution in [1.82, 2.24) is 0 Å². The Morgan fingerprint density at radius 3 is 2.68 bits per heavy atom. The van der Waals surface area contributed by atoms with Crippen LogP contribution in [-0.4, -0.2) is 31.5 Å². The Bertz CT molecular complexity index is 922. The van der Waals surface area contributed by atoms with Crippen molar-refractivity contribution < 1.29 is 19.1 Å². The van der Waals surface area contributed by atoms with Crippen molar-refractivity contribution in [2.75, 3.05) is 20.3 Å². The minimum absolute atomic E-state index is 0.0181. The van der Waals surface area contributed by atoms with Crippen LogP contribution in [0.4, 0.5) is 11.4 Å². The van der Waals surface area contributed by atoms with Crippen molar-refractivity contribution in [2.45, 2.75) is 13.3 Å². The molecule has 0 spiro atoms. The fourth-order valence-corrected chi connectivity index (χ4v) is 2.69. The molecule has 28 heavy (non-hydrogen) atoms. The molecule has 0 N–H and O–H groups in total. The Hall–Kier alpha value is -3.24. The van der Waals surface area contributed by atoms with Crippen LogP contribution in [-0.2, 0) is 6.42 Å². The Balaban J connectivity index is 2.18. The van der Waals surface area contributed by atoms with E-state index in [0.717, 1.165) is 5.56 Å². The maximum absolute atomic E-state index is 10.8. The van der Waals surface area contributed by atoms with Gasteiger partial charge in [-0.05, 0) is 24.6 Å². The van der Waals surface area contributed by atoms with Gasteiger partial charge in [0.05, 0.1) is 37.1 Å². The van der Waals surface area contributed by atoms with Crippen molar-refractivity contribution in [3.8, 4) is 29.6 Å². The molecular formula is C20H19ClN2O5. The minimum atomic E-state index is -0.548. The molecule has 146 valence electrons. The van der Waals surface area contributed by atoms with Gasteiger partial charge in [-0.15, -0.1) is 6.42 Å². The number of hydrogen-bond acceptors (Lipinski definition) is 6. The highest BCUT2D eigenvalue weighted by Gasteiger charge is 2.14. The molecule has 0 fully saturated rings. The van der Waals surface area contributed by atoms with Gasteiger partial charge < -0.3 is 14.2 Å². The van der Waals surface area contributed by atoms with E-state index in [1.54, 1.807) is 13.2 Å². The summed E-state index contributed by atoms with van der Waals surface area (Å²) < 4.78 is 16.6. The average Bonchev–Trinajstić information content (AvgIpc) is 2.67. The predicted octanol–water partition coefficient (Wildman–Crippen LogP) is 4.61. The molecule has 0 saturated heterocycles. The van der Waals surface area contributed by atoms with E-state index >= 15 is 0 Å². The first kappa shape index (κ1) is 21.1. The van der Waals surface area contributed by atoms with E-state index in [2.05, 4.69) is 10.9 Å². The van der Waals surface area contributed by atoms with Crippen LogP contribution in [0.1, 0.15) is 12.5 Å². The summed E-state index contributed by atoms with van der Waals surface area (Å²) in [7, 11) is 1.56. The molecule has 0 amide bonds. The Morgan fingerprint density at radius 2 is 2.07 bits per heavy atom. The van der Waals surface area contributed by atoms with E-state index in [4.69, 9.17) is 32.2 Å². The van der Waals surface area contributed by atoms with Gasteiger partial charge in [-0.2, -0.15) is 0 Å². The van der Waals surface area contributed by atoms with E-state index in [-0.39, 0.29) is 10.7 Å². The fourth-order valence-electron chi connectivity index (χ4n) is 2.45. The summed E-state index contributed by atoms with van der Waals surface area (Å²) in [6, 6.07) is 7.80. The fraction of sp³-hybridized carbons (Fsp3) is 0.250. The van der Waals surface area contributed by atoms with Gasteiger partial charge in [0.25, 0.3) is 5.69 Å². The SMILES string of the molecule is C#C/C=N\c1cc(OCC)c(OC)cc1CCOc1ccc([N+](=O)[O-])c(Cl)c1. The highest BCUT2D eigenvalue weighted by Crippen LogP contribution is 2.35. The summed E-state index contributed by atoms with van der Waals surface area (Å²) in [5.74, 6) is 3.94. The van der Waals surface area contributed by atoms with Gasteiger partial charge in [-0.3, -0.25) is 10.1 Å². The summed E-state index contributed by atoms with van der Waals surface area (Å²) in [5.41, 5.74) is 1.32. The van der Waals surface area contributed by atoms with Crippen molar-refractivity contribution in [1.29, 1.82) is 0 Å². The molecule has 0 aliphatic rings. The average molecular weight is 403 g/mol. The number of ether oxygens (including phenoxy) is 3. The zero-order valence-corrected chi connectivity index (χ0v) is 16.2. The van der Waals surface area contributed by atoms with E-state index < -0.39 is 4.92 Å². The van der Waals surface area contributed by atoms with E-state index in [1.807, 2.05) is 13.0 Å². The van der Waals surface area contributed by atoms with Crippen LogP contribution >= 0.6 is 11.6 Å². The standard InChI is InChI=1S/C20H19ClN2O5/c1-4-9-22-17-13-20(27-5-2)19(26-3)11-14(17)8-10-28-15-6-7-18(23(24)25)16(21)12-15/h1,6-7,9,11-13H,5,8,10H2,2-3H3/b22-9-. The van der Waals surface area contributed by atoms with Crippen LogP contribution in [0.2, 0.25) is 5.02 Å². The molecule has 8 heteroatoms. The first-order valence-corrected chi connectivity index (χ1v) is 8.77. The van der Waals surface area contributed by atoms with E-state index in [1.165, 1.54) is 24.4 Å². The summed E-state index contributed by atoms with van der Waals surface area (Å²) in [6.45, 7) is 2.66. The van der Waals surface area contributed by atoms with Gasteiger partial charge >= 0.3 is 0 Å². The lowest BCUT2D eigenvalue weighted by Crippen LogP contribution is -2.03. The molecule has 0 saturated carbocycles. The topological polar surface area (TPSA) is 83.2 Å². The maximum atomic E-state index is 10.8. The van der Waals surface area contributed by atoms with Crippen LogP contribution in [0.15, 0.2) is 35.3 Å². The number of rotatable bonds is 9. The number of nitro groups is 1. The van der Waals surface area contributed by atoms with Crippen LogP contribution in [0.5, 0.6) is 17.2 Å². The van der Waals surface area contributed by atoms with Crippen LogP contribution in [0.25, 0.3) is 0 Å². The molecule has 0 heterocycles. The zero-order valence-electron chi connectivity index (χ0n) is 15.5. The smallest absolute Gasteiger partial charge is 0.288 e. The molecule has 0 unspecified atom stereocenters. The lowest BCUT2D eigenvalue weighted by Gasteiger charge is -2.14. The first-order valence-electron chi connectivity index (χ1n) is 8.39. The quantitative estimate of drug-likeness (QED) is 0.264. The second kappa shape index (κ2) is 10.2. The third-order valence-corrected chi connectivity index (χ3v) is 4.00. The predicted molar refractivity (Wildman–Crippen MR) is 108 cm³/mol. The summed E-state index contributed by atoms with van der Waals surface area (Å²) in [5, 5.41) is 10.8. The van der Waals surface area contributed by atoms with Crippen molar-refractivity contribution in [3.05, 3.63) is 51.0 Å².